The van der Waals surface area contributed by atoms with E-state index in [1.54, 1.807) is 38.1 Å². The van der Waals surface area contributed by atoms with Gasteiger partial charge >= 0.3 is 5.97 Å². The quantitative estimate of drug-likeness (QED) is 0.842. The van der Waals surface area contributed by atoms with E-state index in [1.165, 1.54) is 0 Å². The topological polar surface area (TPSA) is 94.3 Å². The summed E-state index contributed by atoms with van der Waals surface area (Å²) in [4.78, 5) is 27.2. The van der Waals surface area contributed by atoms with Crippen molar-refractivity contribution in [1.29, 1.82) is 0 Å². The molecule has 0 bridgehead atoms. The van der Waals surface area contributed by atoms with E-state index < -0.39 is 5.97 Å². The van der Waals surface area contributed by atoms with Crippen LogP contribution >= 0.6 is 0 Å². The molecule has 0 aliphatic heterocycles. The maximum atomic E-state index is 11.8. The molecule has 0 atom stereocenters. The Kier molecular flexibility index (Phi) is 4.65. The second kappa shape index (κ2) is 6.65. The zero-order chi connectivity index (χ0) is 15.2. The van der Waals surface area contributed by atoms with Gasteiger partial charge in [0.1, 0.15) is 6.42 Å². The lowest BCUT2D eigenvalue weighted by Gasteiger charge is -2.05. The number of ether oxygens (including phenoxy) is 1. The molecule has 0 aliphatic rings. The molecule has 0 fully saturated rings. The van der Waals surface area contributed by atoms with Gasteiger partial charge in [-0.3, -0.25) is 4.79 Å². The fourth-order valence-corrected chi connectivity index (χ4v) is 1.66. The number of nitrogens with one attached hydrogen (secondary N) is 1. The number of carbonyl (C=O) groups is 2. The van der Waals surface area contributed by atoms with E-state index in [0.717, 1.165) is 0 Å². The third kappa shape index (κ3) is 4.13. The molecule has 1 amide bonds. The van der Waals surface area contributed by atoms with Crippen molar-refractivity contribution in [3.8, 4) is 0 Å². The number of anilines is 1. The first-order valence-electron chi connectivity index (χ1n) is 6.44. The zero-order valence-electron chi connectivity index (χ0n) is 11.8. The molecule has 7 nitrogen and oxygen atoms in total. The van der Waals surface area contributed by atoms with Crippen LogP contribution in [0.2, 0.25) is 0 Å². The van der Waals surface area contributed by atoms with E-state index in [9.17, 15) is 9.59 Å². The summed E-state index contributed by atoms with van der Waals surface area (Å²) in [5.41, 5.74) is 1.01. The third-order valence-corrected chi connectivity index (χ3v) is 2.56. The fraction of sp³-hybridized carbons (Fsp3) is 0.286. The molecule has 1 aromatic carbocycles. The number of rotatable bonds is 5. The van der Waals surface area contributed by atoms with Gasteiger partial charge in [-0.15, -0.1) is 0 Å². The van der Waals surface area contributed by atoms with Crippen molar-refractivity contribution in [2.75, 3.05) is 11.9 Å². The molecular weight excluding hydrogens is 274 g/mol. The van der Waals surface area contributed by atoms with Crippen molar-refractivity contribution in [1.82, 2.24) is 10.1 Å². The minimum atomic E-state index is -0.392. The van der Waals surface area contributed by atoms with Crippen molar-refractivity contribution in [3.63, 3.8) is 0 Å². The van der Waals surface area contributed by atoms with Crippen LogP contribution in [0.5, 0.6) is 0 Å². The molecule has 1 heterocycles. The summed E-state index contributed by atoms with van der Waals surface area (Å²) in [5, 5.41) is 6.29. The molecule has 1 N–H and O–H groups in total. The summed E-state index contributed by atoms with van der Waals surface area (Å²) < 4.78 is 9.74. The summed E-state index contributed by atoms with van der Waals surface area (Å²) in [7, 11) is 0. The lowest BCUT2D eigenvalue weighted by molar-refractivity contribution is -0.115. The van der Waals surface area contributed by atoms with Crippen molar-refractivity contribution >= 4 is 17.6 Å². The van der Waals surface area contributed by atoms with Gasteiger partial charge < -0.3 is 14.6 Å². The number of esters is 1. The highest BCUT2D eigenvalue weighted by molar-refractivity contribution is 5.93. The maximum absolute atomic E-state index is 11.8. The summed E-state index contributed by atoms with van der Waals surface area (Å²) in [6, 6.07) is 6.43. The van der Waals surface area contributed by atoms with E-state index in [4.69, 9.17) is 9.26 Å². The fourth-order valence-electron chi connectivity index (χ4n) is 1.66. The maximum Gasteiger partial charge on any atom is 0.338 e. The molecular formula is C14H15N3O4. The largest absolute Gasteiger partial charge is 0.462 e. The smallest absolute Gasteiger partial charge is 0.338 e. The Hall–Kier alpha value is -2.70. The molecule has 1 aromatic heterocycles. The Balaban J connectivity index is 1.93. The second-order valence-electron chi connectivity index (χ2n) is 4.26. The molecule has 0 spiro atoms. The minimum absolute atomic E-state index is 0.000464. The van der Waals surface area contributed by atoms with E-state index in [0.29, 0.717) is 23.7 Å². The number of hydrogen-bond donors (Lipinski definition) is 1. The molecule has 7 heteroatoms. The third-order valence-electron chi connectivity index (χ3n) is 2.56. The van der Waals surface area contributed by atoms with Crippen molar-refractivity contribution in [2.45, 2.75) is 20.3 Å². The van der Waals surface area contributed by atoms with Gasteiger partial charge in [-0.2, -0.15) is 4.98 Å². The van der Waals surface area contributed by atoms with Crippen LogP contribution in [0, 0.1) is 6.92 Å². The monoisotopic (exact) mass is 289 g/mol. The van der Waals surface area contributed by atoms with Crippen LogP contribution in [0.3, 0.4) is 0 Å². The van der Waals surface area contributed by atoms with Gasteiger partial charge in [0.05, 0.1) is 12.2 Å². The highest BCUT2D eigenvalue weighted by Crippen LogP contribution is 2.11. The van der Waals surface area contributed by atoms with Crippen LogP contribution in [0.1, 0.15) is 29.0 Å². The molecule has 2 rings (SSSR count). The van der Waals surface area contributed by atoms with E-state index in [2.05, 4.69) is 15.5 Å². The van der Waals surface area contributed by atoms with Gasteiger partial charge in [-0.1, -0.05) is 5.16 Å². The highest BCUT2D eigenvalue weighted by atomic mass is 16.5. The van der Waals surface area contributed by atoms with Crippen LogP contribution in [-0.4, -0.2) is 28.6 Å². The first kappa shape index (κ1) is 14.7. The Morgan fingerprint density at radius 2 is 2.00 bits per heavy atom. The number of hydrogen-bond acceptors (Lipinski definition) is 6. The Morgan fingerprint density at radius 1 is 1.29 bits per heavy atom. The number of carbonyl (C=O) groups excluding carboxylic acids is 2. The van der Waals surface area contributed by atoms with Crippen molar-refractivity contribution in [2.24, 2.45) is 0 Å². The predicted molar refractivity (Wildman–Crippen MR) is 73.8 cm³/mol. The SMILES string of the molecule is CCOC(=O)c1ccc(NC(=O)Cc2nc(C)no2)cc1. The van der Waals surface area contributed by atoms with Crippen LogP contribution in [0.25, 0.3) is 0 Å². The standard InChI is InChI=1S/C14H15N3O4/c1-3-20-14(19)10-4-6-11(7-5-10)16-12(18)8-13-15-9(2)17-21-13/h4-7H,3,8H2,1-2H3,(H,16,18). The van der Waals surface area contributed by atoms with E-state index in [1.807, 2.05) is 0 Å². The summed E-state index contributed by atoms with van der Waals surface area (Å²) in [6.07, 6.45) is 0.000464. The van der Waals surface area contributed by atoms with Gasteiger partial charge in [0.2, 0.25) is 11.8 Å². The van der Waals surface area contributed by atoms with Crippen LogP contribution in [0.15, 0.2) is 28.8 Å². The van der Waals surface area contributed by atoms with Crippen molar-refractivity contribution in [3.05, 3.63) is 41.5 Å². The summed E-state index contributed by atoms with van der Waals surface area (Å²) in [5.74, 6) is 0.0731. The van der Waals surface area contributed by atoms with E-state index >= 15 is 0 Å². The molecule has 0 saturated carbocycles. The van der Waals surface area contributed by atoms with Gasteiger partial charge in [0, 0.05) is 5.69 Å². The number of aromatic nitrogens is 2. The highest BCUT2D eigenvalue weighted by Gasteiger charge is 2.11. The van der Waals surface area contributed by atoms with E-state index in [-0.39, 0.29) is 18.2 Å². The Bertz CT molecular complexity index is 634. The summed E-state index contributed by atoms with van der Waals surface area (Å²) >= 11 is 0. The average Bonchev–Trinajstić information content (AvgIpc) is 2.85. The Morgan fingerprint density at radius 3 is 2.57 bits per heavy atom. The van der Waals surface area contributed by atoms with Gasteiger partial charge in [-0.25, -0.2) is 4.79 Å². The molecule has 21 heavy (non-hydrogen) atoms. The number of nitrogens with zero attached hydrogens (tertiary/aromatic N) is 2. The molecule has 0 unspecified atom stereocenters. The first-order valence-corrected chi connectivity index (χ1v) is 6.44. The Labute approximate surface area is 121 Å². The minimum Gasteiger partial charge on any atom is -0.462 e. The molecule has 0 aliphatic carbocycles. The summed E-state index contributed by atoms with van der Waals surface area (Å²) in [6.45, 7) is 3.74. The predicted octanol–water partition coefficient (Wildman–Crippen LogP) is 1.74. The first-order chi connectivity index (χ1) is 10.1. The average molecular weight is 289 g/mol. The van der Waals surface area contributed by atoms with Crippen LogP contribution in [-0.2, 0) is 16.0 Å². The normalized spacial score (nSPS) is 10.2. The lowest BCUT2D eigenvalue weighted by atomic mass is 10.2. The van der Waals surface area contributed by atoms with Crippen LogP contribution in [0.4, 0.5) is 5.69 Å². The molecule has 110 valence electrons. The number of amides is 1. The van der Waals surface area contributed by atoms with Gasteiger partial charge in [-0.05, 0) is 38.1 Å². The van der Waals surface area contributed by atoms with Crippen LogP contribution < -0.4 is 5.32 Å². The number of aryl methyl sites for hydroxylation is 1. The lowest BCUT2D eigenvalue weighted by Crippen LogP contribution is -2.14. The molecule has 2 aromatic rings. The van der Waals surface area contributed by atoms with Gasteiger partial charge in [0.15, 0.2) is 5.82 Å². The van der Waals surface area contributed by atoms with Crippen molar-refractivity contribution < 1.29 is 18.8 Å². The zero-order valence-corrected chi connectivity index (χ0v) is 11.8. The number of benzene rings is 1. The second-order valence-corrected chi connectivity index (χ2v) is 4.26. The van der Waals surface area contributed by atoms with Gasteiger partial charge in [0.25, 0.3) is 0 Å². The molecule has 0 radical (unpaired) electrons. The molecule has 0 saturated heterocycles.